The minimum absolute atomic E-state index is 0.742. The number of hydrogen-bond acceptors (Lipinski definition) is 4. The van der Waals surface area contributed by atoms with Crippen LogP contribution in [0.25, 0.3) is 16.8 Å². The molecule has 0 atom stereocenters. The summed E-state index contributed by atoms with van der Waals surface area (Å²) in [5, 5.41) is 3.63. The number of nitrogens with zero attached hydrogens (tertiary/aromatic N) is 4. The van der Waals surface area contributed by atoms with Crippen molar-refractivity contribution in [2.75, 3.05) is 5.32 Å². The Hall–Kier alpha value is -2.95. The lowest BCUT2D eigenvalue weighted by atomic mass is 10.2. The highest BCUT2D eigenvalue weighted by atomic mass is 15.2. The van der Waals surface area contributed by atoms with Gasteiger partial charge in [-0.15, -0.1) is 0 Å². The molecule has 0 saturated heterocycles. The topological polar surface area (TPSA) is 55.1 Å². The van der Waals surface area contributed by atoms with Crippen molar-refractivity contribution in [3.05, 3.63) is 65.6 Å². The average Bonchev–Trinajstić information content (AvgIpc) is 3.23. The fourth-order valence-corrected chi connectivity index (χ4v) is 3.54. The van der Waals surface area contributed by atoms with Gasteiger partial charge < -0.3 is 5.32 Å². The first-order valence-electron chi connectivity index (χ1n) is 8.32. The van der Waals surface area contributed by atoms with E-state index in [0.29, 0.717) is 0 Å². The monoisotopic (exact) mass is 315 g/mol. The second kappa shape index (κ2) is 5.30. The number of nitrogens with one attached hydrogen (secondary N) is 1. The predicted molar refractivity (Wildman–Crippen MR) is 94.1 cm³/mol. The number of rotatable bonds is 3. The molecule has 118 valence electrons. The van der Waals surface area contributed by atoms with Crippen LogP contribution in [-0.4, -0.2) is 19.4 Å². The molecule has 1 aliphatic rings. The number of anilines is 1. The Morgan fingerprint density at radius 2 is 2.00 bits per heavy atom. The molecule has 5 rings (SSSR count). The number of pyridine rings is 1. The van der Waals surface area contributed by atoms with Crippen LogP contribution < -0.4 is 5.32 Å². The molecule has 1 aliphatic carbocycles. The third-order valence-electron chi connectivity index (χ3n) is 4.66. The summed E-state index contributed by atoms with van der Waals surface area (Å²) in [4.78, 5) is 13.7. The van der Waals surface area contributed by atoms with Crippen molar-refractivity contribution in [2.24, 2.45) is 0 Å². The maximum absolute atomic E-state index is 4.81. The highest BCUT2D eigenvalue weighted by molar-refractivity contribution is 5.82. The van der Waals surface area contributed by atoms with E-state index in [4.69, 9.17) is 9.97 Å². The highest BCUT2D eigenvalue weighted by Crippen LogP contribution is 2.31. The zero-order valence-corrected chi connectivity index (χ0v) is 13.2. The van der Waals surface area contributed by atoms with Gasteiger partial charge in [0, 0.05) is 24.5 Å². The van der Waals surface area contributed by atoms with Gasteiger partial charge in [-0.05, 0) is 43.0 Å². The van der Waals surface area contributed by atoms with Crippen LogP contribution in [0.4, 0.5) is 5.82 Å². The van der Waals surface area contributed by atoms with Crippen LogP contribution >= 0.6 is 0 Å². The quantitative estimate of drug-likeness (QED) is 0.630. The molecule has 0 radical (unpaired) electrons. The minimum atomic E-state index is 0.742. The summed E-state index contributed by atoms with van der Waals surface area (Å²) in [5.74, 6) is 1.91. The lowest BCUT2D eigenvalue weighted by Crippen LogP contribution is -2.09. The molecule has 0 spiro atoms. The van der Waals surface area contributed by atoms with Gasteiger partial charge in [0.25, 0.3) is 0 Å². The minimum Gasteiger partial charge on any atom is -0.367 e. The molecule has 0 aliphatic heterocycles. The molecular formula is C19H17N5. The number of para-hydroxylation sites is 2. The Kier molecular flexibility index (Phi) is 2.98. The van der Waals surface area contributed by atoms with Gasteiger partial charge in [-0.3, -0.25) is 9.38 Å². The number of hydrogen-bond donors (Lipinski definition) is 1. The standard InChI is InChI=1S/C19H17N5/c1-2-9-17-16(7-1)23-19-22-15-8-3-6-14(15)18(24(17)19)21-12-13-5-4-10-20-11-13/h1-2,4-5,7,9-11,21H,3,6,8,12H2. The first kappa shape index (κ1) is 13.5. The lowest BCUT2D eigenvalue weighted by Gasteiger charge is -2.14. The maximum Gasteiger partial charge on any atom is 0.236 e. The van der Waals surface area contributed by atoms with Crippen LogP contribution in [0.3, 0.4) is 0 Å². The Morgan fingerprint density at radius 1 is 1.04 bits per heavy atom. The van der Waals surface area contributed by atoms with Gasteiger partial charge in [0.05, 0.1) is 16.7 Å². The third-order valence-corrected chi connectivity index (χ3v) is 4.66. The summed E-state index contributed by atoms with van der Waals surface area (Å²) in [7, 11) is 0. The van der Waals surface area contributed by atoms with Gasteiger partial charge in [-0.1, -0.05) is 18.2 Å². The molecule has 24 heavy (non-hydrogen) atoms. The zero-order chi connectivity index (χ0) is 15.9. The Morgan fingerprint density at radius 3 is 2.92 bits per heavy atom. The number of fused-ring (bicyclic) bond motifs is 4. The Balaban J connectivity index is 1.69. The maximum atomic E-state index is 4.81. The molecule has 0 amide bonds. The number of aryl methyl sites for hydroxylation is 1. The number of benzene rings is 1. The largest absolute Gasteiger partial charge is 0.367 e. The van der Waals surface area contributed by atoms with Crippen LogP contribution in [0.1, 0.15) is 23.2 Å². The molecule has 0 saturated carbocycles. The van der Waals surface area contributed by atoms with Gasteiger partial charge in [0.2, 0.25) is 5.78 Å². The van der Waals surface area contributed by atoms with E-state index in [0.717, 1.165) is 48.4 Å². The molecule has 0 fully saturated rings. The molecule has 3 aromatic heterocycles. The zero-order valence-electron chi connectivity index (χ0n) is 13.2. The van der Waals surface area contributed by atoms with Gasteiger partial charge >= 0.3 is 0 Å². The molecular weight excluding hydrogens is 298 g/mol. The van der Waals surface area contributed by atoms with Crippen molar-refractivity contribution in [1.82, 2.24) is 19.4 Å². The van der Waals surface area contributed by atoms with E-state index in [1.54, 1.807) is 6.20 Å². The molecule has 1 N–H and O–H groups in total. The molecule has 5 heteroatoms. The van der Waals surface area contributed by atoms with E-state index < -0.39 is 0 Å². The SMILES string of the molecule is c1cncc(CNc2c3c(nc4nc5ccccc5n24)CCC3)c1. The molecule has 5 nitrogen and oxygen atoms in total. The van der Waals surface area contributed by atoms with Crippen molar-refractivity contribution < 1.29 is 0 Å². The van der Waals surface area contributed by atoms with Crippen molar-refractivity contribution in [1.29, 1.82) is 0 Å². The molecule has 3 heterocycles. The van der Waals surface area contributed by atoms with Crippen LogP contribution in [0, 0.1) is 0 Å². The van der Waals surface area contributed by atoms with E-state index >= 15 is 0 Å². The van der Waals surface area contributed by atoms with Gasteiger partial charge in [-0.25, -0.2) is 9.97 Å². The molecule has 4 aromatic rings. The third kappa shape index (κ3) is 2.05. The van der Waals surface area contributed by atoms with E-state index in [-0.39, 0.29) is 0 Å². The summed E-state index contributed by atoms with van der Waals surface area (Å²) >= 11 is 0. The normalized spacial score (nSPS) is 13.5. The average molecular weight is 315 g/mol. The van der Waals surface area contributed by atoms with E-state index in [9.17, 15) is 0 Å². The molecule has 0 unspecified atom stereocenters. The van der Waals surface area contributed by atoms with Crippen LogP contribution in [-0.2, 0) is 19.4 Å². The lowest BCUT2D eigenvalue weighted by molar-refractivity contribution is 0.900. The van der Waals surface area contributed by atoms with Gasteiger partial charge in [0.15, 0.2) is 0 Å². The molecule has 0 bridgehead atoms. The Labute approximate surface area is 139 Å². The fourth-order valence-electron chi connectivity index (χ4n) is 3.54. The first-order valence-corrected chi connectivity index (χ1v) is 8.32. The predicted octanol–water partition coefficient (Wildman–Crippen LogP) is 3.38. The smallest absolute Gasteiger partial charge is 0.236 e. The first-order chi connectivity index (χ1) is 11.9. The number of imidazole rings is 1. The van der Waals surface area contributed by atoms with E-state index in [2.05, 4.69) is 32.9 Å². The van der Waals surface area contributed by atoms with Crippen molar-refractivity contribution in [3.63, 3.8) is 0 Å². The molecule has 1 aromatic carbocycles. The summed E-state index contributed by atoms with van der Waals surface area (Å²) in [6, 6.07) is 12.3. The van der Waals surface area contributed by atoms with Crippen LogP contribution in [0.15, 0.2) is 48.8 Å². The summed E-state index contributed by atoms with van der Waals surface area (Å²) in [6.07, 6.45) is 6.97. The summed E-state index contributed by atoms with van der Waals surface area (Å²) in [6.45, 7) is 0.742. The van der Waals surface area contributed by atoms with Gasteiger partial charge in [-0.2, -0.15) is 0 Å². The van der Waals surface area contributed by atoms with Crippen molar-refractivity contribution in [2.45, 2.75) is 25.8 Å². The summed E-state index contributed by atoms with van der Waals surface area (Å²) < 4.78 is 2.16. The Bertz CT molecular complexity index is 1040. The highest BCUT2D eigenvalue weighted by Gasteiger charge is 2.21. The van der Waals surface area contributed by atoms with Crippen molar-refractivity contribution in [3.8, 4) is 0 Å². The van der Waals surface area contributed by atoms with Crippen molar-refractivity contribution >= 4 is 22.6 Å². The second-order valence-corrected chi connectivity index (χ2v) is 6.19. The van der Waals surface area contributed by atoms with Crippen LogP contribution in [0.2, 0.25) is 0 Å². The second-order valence-electron chi connectivity index (χ2n) is 6.19. The summed E-state index contributed by atoms with van der Waals surface area (Å²) in [5.41, 5.74) is 5.76. The fraction of sp³-hybridized carbons (Fsp3) is 0.211. The van der Waals surface area contributed by atoms with Gasteiger partial charge in [0.1, 0.15) is 5.82 Å². The number of aromatic nitrogens is 4. The van der Waals surface area contributed by atoms with E-state index in [1.807, 2.05) is 24.4 Å². The van der Waals surface area contributed by atoms with Crippen LogP contribution in [0.5, 0.6) is 0 Å². The van der Waals surface area contributed by atoms with E-state index in [1.165, 1.54) is 16.8 Å².